The van der Waals surface area contributed by atoms with Crippen LogP contribution in [-0.4, -0.2) is 36.6 Å². The van der Waals surface area contributed by atoms with Gasteiger partial charge >= 0.3 is 6.03 Å². The van der Waals surface area contributed by atoms with E-state index in [1.54, 1.807) is 0 Å². The molecule has 1 aliphatic carbocycles. The Labute approximate surface area is 110 Å². The fourth-order valence-electron chi connectivity index (χ4n) is 3.03. The fraction of sp³-hybridized carbons (Fsp3) is 0.929. The van der Waals surface area contributed by atoms with Crippen LogP contribution in [0.25, 0.3) is 0 Å². The monoisotopic (exact) mass is 253 g/mol. The summed E-state index contributed by atoms with van der Waals surface area (Å²) in [6, 6.07) is 0.389. The lowest BCUT2D eigenvalue weighted by molar-refractivity contribution is 0.170. The molecule has 18 heavy (non-hydrogen) atoms. The van der Waals surface area contributed by atoms with Crippen LogP contribution in [0.2, 0.25) is 0 Å². The number of carbonyl (C=O) groups is 1. The maximum atomic E-state index is 12.0. The third-order valence-electron chi connectivity index (χ3n) is 4.55. The normalized spacial score (nSPS) is 30.2. The van der Waals surface area contributed by atoms with Gasteiger partial charge in [-0.1, -0.05) is 19.8 Å². The minimum Gasteiger partial charge on any atom is -0.338 e. The first-order valence-corrected chi connectivity index (χ1v) is 7.45. The Balaban J connectivity index is 1.70. The van der Waals surface area contributed by atoms with Crippen molar-refractivity contribution >= 4 is 6.03 Å². The lowest BCUT2D eigenvalue weighted by Gasteiger charge is -2.32. The van der Waals surface area contributed by atoms with E-state index in [4.69, 9.17) is 5.73 Å². The molecule has 1 heterocycles. The van der Waals surface area contributed by atoms with Gasteiger partial charge in [0.05, 0.1) is 0 Å². The standard InChI is InChI=1S/C14H27N3O/c1-11-6-8-17(9-7-11)14(18)16-10-12-4-2-3-5-13(12)15/h11-13H,2-10,15H2,1H3,(H,16,18). The highest BCUT2D eigenvalue weighted by Crippen LogP contribution is 2.22. The molecule has 2 fully saturated rings. The van der Waals surface area contributed by atoms with Crippen molar-refractivity contribution in [2.24, 2.45) is 17.6 Å². The maximum Gasteiger partial charge on any atom is 0.317 e. The van der Waals surface area contributed by atoms with E-state index in [1.807, 2.05) is 4.90 Å². The molecule has 2 aliphatic rings. The summed E-state index contributed by atoms with van der Waals surface area (Å²) in [4.78, 5) is 14.0. The molecule has 0 radical (unpaired) electrons. The number of rotatable bonds is 2. The number of nitrogens with one attached hydrogen (secondary N) is 1. The van der Waals surface area contributed by atoms with Crippen molar-refractivity contribution in [2.45, 2.75) is 51.5 Å². The summed E-state index contributed by atoms with van der Waals surface area (Å²) in [5.74, 6) is 1.24. The molecule has 2 rings (SSSR count). The molecule has 4 nitrogen and oxygen atoms in total. The number of nitrogens with zero attached hydrogens (tertiary/aromatic N) is 1. The van der Waals surface area contributed by atoms with Crippen molar-refractivity contribution < 1.29 is 4.79 Å². The van der Waals surface area contributed by atoms with Crippen LogP contribution in [0.1, 0.15) is 45.4 Å². The van der Waals surface area contributed by atoms with Crippen LogP contribution in [0.5, 0.6) is 0 Å². The van der Waals surface area contributed by atoms with Gasteiger partial charge in [-0.3, -0.25) is 0 Å². The number of amides is 2. The SMILES string of the molecule is CC1CCN(C(=O)NCC2CCCCC2N)CC1. The van der Waals surface area contributed by atoms with Crippen molar-refractivity contribution in [2.75, 3.05) is 19.6 Å². The van der Waals surface area contributed by atoms with E-state index in [0.29, 0.717) is 5.92 Å². The van der Waals surface area contributed by atoms with Crippen LogP contribution in [0.3, 0.4) is 0 Å². The van der Waals surface area contributed by atoms with Crippen LogP contribution >= 0.6 is 0 Å². The third-order valence-corrected chi connectivity index (χ3v) is 4.55. The Morgan fingerprint density at radius 2 is 1.89 bits per heavy atom. The molecule has 0 spiro atoms. The Kier molecular flexibility index (Phi) is 4.87. The molecule has 1 saturated carbocycles. The zero-order chi connectivity index (χ0) is 13.0. The van der Waals surface area contributed by atoms with Crippen LogP contribution in [0.4, 0.5) is 4.79 Å². The predicted molar refractivity (Wildman–Crippen MR) is 73.3 cm³/mol. The maximum absolute atomic E-state index is 12.0. The molecule has 0 aromatic carbocycles. The van der Waals surface area contributed by atoms with Gasteiger partial charge < -0.3 is 16.0 Å². The Hall–Kier alpha value is -0.770. The van der Waals surface area contributed by atoms with Crippen molar-refractivity contribution in [3.05, 3.63) is 0 Å². The highest BCUT2D eigenvalue weighted by atomic mass is 16.2. The topological polar surface area (TPSA) is 58.4 Å². The van der Waals surface area contributed by atoms with Crippen molar-refractivity contribution in [3.8, 4) is 0 Å². The number of hydrogen-bond acceptors (Lipinski definition) is 2. The lowest BCUT2D eigenvalue weighted by Crippen LogP contribution is -2.47. The van der Waals surface area contributed by atoms with E-state index < -0.39 is 0 Å². The van der Waals surface area contributed by atoms with Gasteiger partial charge in [0.15, 0.2) is 0 Å². The number of nitrogens with two attached hydrogens (primary N) is 1. The number of urea groups is 1. The molecule has 0 aromatic heterocycles. The zero-order valence-electron chi connectivity index (χ0n) is 11.5. The second kappa shape index (κ2) is 6.41. The molecule has 0 bridgehead atoms. The minimum absolute atomic E-state index is 0.111. The smallest absolute Gasteiger partial charge is 0.317 e. The van der Waals surface area contributed by atoms with E-state index in [1.165, 1.54) is 19.3 Å². The first-order chi connectivity index (χ1) is 8.66. The number of piperidine rings is 1. The van der Waals surface area contributed by atoms with E-state index in [-0.39, 0.29) is 12.1 Å². The summed E-state index contributed by atoms with van der Waals surface area (Å²) in [6.45, 7) is 4.83. The Morgan fingerprint density at radius 1 is 1.22 bits per heavy atom. The number of carbonyl (C=O) groups excluding carboxylic acids is 1. The first-order valence-electron chi connectivity index (χ1n) is 7.45. The number of hydrogen-bond donors (Lipinski definition) is 2. The second-order valence-electron chi connectivity index (χ2n) is 6.06. The summed E-state index contributed by atoms with van der Waals surface area (Å²) in [5.41, 5.74) is 6.10. The van der Waals surface area contributed by atoms with Crippen molar-refractivity contribution in [3.63, 3.8) is 0 Å². The molecule has 1 aliphatic heterocycles. The Morgan fingerprint density at radius 3 is 2.56 bits per heavy atom. The van der Waals surface area contributed by atoms with Crippen LogP contribution < -0.4 is 11.1 Å². The van der Waals surface area contributed by atoms with Gasteiger partial charge in [0.1, 0.15) is 0 Å². The van der Waals surface area contributed by atoms with Gasteiger partial charge in [0.25, 0.3) is 0 Å². The van der Waals surface area contributed by atoms with E-state index in [0.717, 1.165) is 44.8 Å². The highest BCUT2D eigenvalue weighted by molar-refractivity contribution is 5.74. The Bertz CT molecular complexity index is 274. The predicted octanol–water partition coefficient (Wildman–Crippen LogP) is 1.95. The largest absolute Gasteiger partial charge is 0.338 e. The molecule has 1 saturated heterocycles. The van der Waals surface area contributed by atoms with Crippen LogP contribution in [0, 0.1) is 11.8 Å². The average Bonchev–Trinajstić information content (AvgIpc) is 2.38. The fourth-order valence-corrected chi connectivity index (χ4v) is 3.03. The van der Waals surface area contributed by atoms with Gasteiger partial charge in [-0.2, -0.15) is 0 Å². The van der Waals surface area contributed by atoms with Crippen molar-refractivity contribution in [1.82, 2.24) is 10.2 Å². The van der Waals surface area contributed by atoms with Crippen LogP contribution in [0.15, 0.2) is 0 Å². The van der Waals surface area contributed by atoms with Crippen molar-refractivity contribution in [1.29, 1.82) is 0 Å². The first kappa shape index (κ1) is 13.7. The molecule has 3 N–H and O–H groups in total. The van der Waals surface area contributed by atoms with E-state index in [9.17, 15) is 4.79 Å². The summed E-state index contributed by atoms with van der Waals surface area (Å²) < 4.78 is 0. The van der Waals surface area contributed by atoms with E-state index in [2.05, 4.69) is 12.2 Å². The third kappa shape index (κ3) is 3.61. The van der Waals surface area contributed by atoms with Gasteiger partial charge in [-0.15, -0.1) is 0 Å². The van der Waals surface area contributed by atoms with E-state index >= 15 is 0 Å². The summed E-state index contributed by atoms with van der Waals surface area (Å²) in [7, 11) is 0. The molecular weight excluding hydrogens is 226 g/mol. The molecule has 104 valence electrons. The van der Waals surface area contributed by atoms with Gasteiger partial charge in [0, 0.05) is 25.7 Å². The lowest BCUT2D eigenvalue weighted by atomic mass is 9.85. The second-order valence-corrected chi connectivity index (χ2v) is 6.06. The summed E-state index contributed by atoms with van der Waals surface area (Å²) >= 11 is 0. The molecule has 2 atom stereocenters. The highest BCUT2D eigenvalue weighted by Gasteiger charge is 2.24. The van der Waals surface area contributed by atoms with Gasteiger partial charge in [0.2, 0.25) is 0 Å². The molecular formula is C14H27N3O. The molecule has 2 unspecified atom stereocenters. The molecule has 4 heteroatoms. The van der Waals surface area contributed by atoms with Crippen LogP contribution in [-0.2, 0) is 0 Å². The average molecular weight is 253 g/mol. The zero-order valence-corrected chi connectivity index (χ0v) is 11.5. The van der Waals surface area contributed by atoms with Gasteiger partial charge in [-0.25, -0.2) is 4.79 Å². The number of likely N-dealkylation sites (tertiary alicyclic amines) is 1. The quantitative estimate of drug-likeness (QED) is 0.790. The molecule has 0 aromatic rings. The summed E-state index contributed by atoms with van der Waals surface area (Å²) in [6.07, 6.45) is 7.05. The summed E-state index contributed by atoms with van der Waals surface area (Å²) in [5, 5.41) is 3.07. The minimum atomic E-state index is 0.111. The molecule has 2 amide bonds. The van der Waals surface area contributed by atoms with Gasteiger partial charge in [-0.05, 0) is 37.5 Å².